The molecule has 1 N–H and O–H groups in total. The van der Waals surface area contributed by atoms with Gasteiger partial charge >= 0.3 is 0 Å². The molecule has 0 aliphatic carbocycles. The number of halogens is 2. The summed E-state index contributed by atoms with van der Waals surface area (Å²) in [5.41, 5.74) is 3.52. The minimum absolute atomic E-state index is 0. The van der Waals surface area contributed by atoms with Crippen LogP contribution in [0.15, 0.2) is 24.5 Å². The van der Waals surface area contributed by atoms with Crippen molar-refractivity contribution in [2.24, 2.45) is 7.05 Å². The van der Waals surface area contributed by atoms with Crippen LogP contribution in [-0.4, -0.2) is 31.6 Å². The van der Waals surface area contributed by atoms with E-state index in [-0.39, 0.29) is 53.9 Å². The first-order chi connectivity index (χ1) is 6.38. The van der Waals surface area contributed by atoms with Gasteiger partial charge in [0.1, 0.15) is 7.05 Å². The number of amides is 1. The summed E-state index contributed by atoms with van der Waals surface area (Å²) in [6, 6.07) is 3.59. The van der Waals surface area contributed by atoms with E-state index >= 15 is 0 Å². The van der Waals surface area contributed by atoms with Crippen molar-refractivity contribution in [3.63, 3.8) is 0 Å². The Labute approximate surface area is 131 Å². The third-order valence-electron chi connectivity index (χ3n) is 1.68. The molecule has 0 aliphatic rings. The molecule has 1 amide bonds. The van der Waals surface area contributed by atoms with Gasteiger partial charge in [0.15, 0.2) is 12.4 Å². The summed E-state index contributed by atoms with van der Waals surface area (Å²) in [4.78, 5) is 11.6. The van der Waals surface area contributed by atoms with Crippen LogP contribution in [0.25, 0.3) is 0 Å². The Hall–Kier alpha value is 0.0400. The van der Waals surface area contributed by atoms with Gasteiger partial charge < -0.3 is 48.0 Å². The van der Waals surface area contributed by atoms with Crippen molar-refractivity contribution >= 4 is 5.91 Å². The number of nitrogens with one attached hydrogen (secondary N) is 1. The minimum atomic E-state index is -0.0573. The molecule has 0 fully saturated rings. The van der Waals surface area contributed by atoms with Gasteiger partial charge in [-0.15, -0.1) is 0 Å². The Morgan fingerprint density at radius 3 is 2.00 bits per heavy atom. The van der Waals surface area contributed by atoms with Crippen molar-refractivity contribution in [1.82, 2.24) is 5.43 Å². The Morgan fingerprint density at radius 2 is 1.62 bits per heavy atom. The second-order valence-corrected chi connectivity index (χ2v) is 4.21. The lowest BCUT2D eigenvalue weighted by molar-refractivity contribution is -0.905. The lowest BCUT2D eigenvalue weighted by Gasteiger charge is -2.23. The molecular weight excluding hydrogens is 432 g/mol. The van der Waals surface area contributed by atoms with E-state index in [1.54, 1.807) is 12.1 Å². The van der Waals surface area contributed by atoms with Crippen LogP contribution in [0.3, 0.4) is 0 Å². The maximum atomic E-state index is 11.6. The number of aromatic nitrogens is 1. The summed E-state index contributed by atoms with van der Waals surface area (Å²) < 4.78 is 2.31. The largest absolute Gasteiger partial charge is 1.00 e. The average Bonchev–Trinajstić information content (AvgIpc) is 2.02. The number of pyridine rings is 1. The molecule has 0 spiro atoms. The van der Waals surface area contributed by atoms with E-state index < -0.39 is 0 Å². The summed E-state index contributed by atoms with van der Waals surface area (Å²) in [7, 11) is 7.63. The Bertz CT molecular complexity index is 333. The first-order valence-electron chi connectivity index (χ1n) is 4.48. The SMILES string of the molecule is C[n+]1ccc(C(=O)N[N+](C)(C)C)cc1.[I-].[I-]. The van der Waals surface area contributed by atoms with Gasteiger partial charge in [-0.2, -0.15) is 5.43 Å². The van der Waals surface area contributed by atoms with Crippen LogP contribution in [-0.2, 0) is 7.05 Å². The minimum Gasteiger partial charge on any atom is -1.00 e. The quantitative estimate of drug-likeness (QED) is 0.208. The Balaban J connectivity index is 0. The Morgan fingerprint density at radius 1 is 1.19 bits per heavy atom. The van der Waals surface area contributed by atoms with Crippen molar-refractivity contribution in [2.75, 3.05) is 21.1 Å². The highest BCUT2D eigenvalue weighted by Gasteiger charge is 2.14. The van der Waals surface area contributed by atoms with Crippen LogP contribution in [0.1, 0.15) is 10.4 Å². The van der Waals surface area contributed by atoms with Gasteiger partial charge in [0.2, 0.25) is 0 Å². The molecule has 0 bridgehead atoms. The summed E-state index contributed by atoms with van der Waals surface area (Å²) in [6.45, 7) is 0. The monoisotopic (exact) mass is 449 g/mol. The van der Waals surface area contributed by atoms with E-state index in [0.717, 1.165) is 0 Å². The molecule has 1 heterocycles. The zero-order valence-corrected chi connectivity index (χ0v) is 14.2. The maximum Gasteiger partial charge on any atom is 0.296 e. The van der Waals surface area contributed by atoms with Gasteiger partial charge in [-0.3, -0.25) is 4.79 Å². The van der Waals surface area contributed by atoms with Crippen LogP contribution in [0, 0.1) is 0 Å². The number of hydrogen-bond donors (Lipinski definition) is 1. The van der Waals surface area contributed by atoms with Gasteiger partial charge in [-0.1, -0.05) is 0 Å². The number of nitrogens with zero attached hydrogens (tertiary/aromatic N) is 2. The molecule has 0 saturated carbocycles. The van der Waals surface area contributed by atoms with E-state index in [9.17, 15) is 4.79 Å². The number of carbonyl (C=O) groups is 1. The van der Waals surface area contributed by atoms with E-state index in [0.29, 0.717) is 10.2 Å². The second-order valence-electron chi connectivity index (χ2n) is 4.21. The van der Waals surface area contributed by atoms with Crippen LogP contribution in [0.4, 0.5) is 0 Å². The van der Waals surface area contributed by atoms with Gasteiger partial charge in [0, 0.05) is 12.1 Å². The highest BCUT2D eigenvalue weighted by atomic mass is 127. The molecule has 0 aromatic carbocycles. The van der Waals surface area contributed by atoms with Gasteiger partial charge in [-0.25, -0.2) is 9.16 Å². The van der Waals surface area contributed by atoms with Crippen LogP contribution < -0.4 is 57.9 Å². The molecule has 0 aliphatic heterocycles. The summed E-state index contributed by atoms with van der Waals surface area (Å²) in [6.07, 6.45) is 3.70. The summed E-state index contributed by atoms with van der Waals surface area (Å²) in [5, 5.41) is 0. The third-order valence-corrected chi connectivity index (χ3v) is 1.68. The van der Waals surface area contributed by atoms with Gasteiger partial charge in [0.05, 0.1) is 26.7 Å². The van der Waals surface area contributed by atoms with Crippen molar-refractivity contribution in [3.8, 4) is 0 Å². The molecular formula is C10H17I2N3O. The predicted octanol–water partition coefficient (Wildman–Crippen LogP) is -6.13. The standard InChI is InChI=1S/C10H16N3O.2HI/c1-12-7-5-9(6-8-12)10(14)11-13(2,3)4;;/h5-8H,1-4H3;2*1H/q+1;;/p-1. The van der Waals surface area contributed by atoms with Crippen molar-refractivity contribution in [2.45, 2.75) is 0 Å². The fourth-order valence-electron chi connectivity index (χ4n) is 1.02. The molecule has 0 unspecified atom stereocenters. The third kappa shape index (κ3) is 6.59. The number of rotatable bonds is 2. The molecule has 0 radical (unpaired) electrons. The zero-order chi connectivity index (χ0) is 10.8. The van der Waals surface area contributed by atoms with Crippen molar-refractivity contribution < 1.29 is 61.9 Å². The Kier molecular flexibility index (Phi) is 8.49. The molecule has 4 nitrogen and oxygen atoms in total. The lowest BCUT2D eigenvalue weighted by atomic mass is 10.2. The first kappa shape index (κ1) is 18.4. The maximum absolute atomic E-state index is 11.6. The zero-order valence-electron chi connectivity index (χ0n) is 9.87. The second kappa shape index (κ2) is 7.38. The molecule has 0 atom stereocenters. The van der Waals surface area contributed by atoms with Crippen molar-refractivity contribution in [3.05, 3.63) is 30.1 Å². The van der Waals surface area contributed by atoms with Gasteiger partial charge in [0.25, 0.3) is 5.91 Å². The first-order valence-corrected chi connectivity index (χ1v) is 4.48. The lowest BCUT2D eigenvalue weighted by Crippen LogP contribution is -3.00. The van der Waals surface area contributed by atoms with E-state index in [2.05, 4.69) is 5.43 Å². The number of aryl methyl sites for hydroxylation is 1. The number of quaternary nitrogens is 1. The molecule has 1 rings (SSSR count). The summed E-state index contributed by atoms with van der Waals surface area (Å²) >= 11 is 0. The van der Waals surface area contributed by atoms with E-state index in [4.69, 9.17) is 0 Å². The number of hydrogen-bond acceptors (Lipinski definition) is 1. The molecule has 0 saturated heterocycles. The average molecular weight is 449 g/mol. The van der Waals surface area contributed by atoms with Crippen LogP contribution in [0.5, 0.6) is 0 Å². The fourth-order valence-corrected chi connectivity index (χ4v) is 1.02. The summed E-state index contributed by atoms with van der Waals surface area (Å²) in [5.74, 6) is -0.0573. The molecule has 6 heteroatoms. The molecule has 1 aromatic heterocycles. The highest BCUT2D eigenvalue weighted by molar-refractivity contribution is 5.93. The van der Waals surface area contributed by atoms with Gasteiger partial charge in [-0.05, 0) is 0 Å². The smallest absolute Gasteiger partial charge is 0.296 e. The molecule has 92 valence electrons. The van der Waals surface area contributed by atoms with Crippen molar-refractivity contribution in [1.29, 1.82) is 0 Å². The number of carbonyl (C=O) groups excluding carboxylic acids is 1. The van der Waals surface area contributed by atoms with Crippen LogP contribution in [0.2, 0.25) is 0 Å². The van der Waals surface area contributed by atoms with E-state index in [1.807, 2.05) is 45.2 Å². The molecule has 1 aromatic rings. The van der Waals surface area contributed by atoms with Crippen LogP contribution >= 0.6 is 0 Å². The highest BCUT2D eigenvalue weighted by Crippen LogP contribution is 1.96. The fraction of sp³-hybridized carbons (Fsp3) is 0.400. The molecule has 16 heavy (non-hydrogen) atoms. The van der Waals surface area contributed by atoms with E-state index in [1.165, 1.54) is 0 Å². The predicted molar refractivity (Wildman–Crippen MR) is 53.1 cm³/mol. The topological polar surface area (TPSA) is 33.0 Å². The normalized spacial score (nSPS) is 9.75.